The molecule has 0 aliphatic rings. The van der Waals surface area contributed by atoms with Crippen LogP contribution in [0.2, 0.25) is 0 Å². The smallest absolute Gasteiger partial charge is 0.387 e. The molecule has 2 aromatic rings. The van der Waals surface area contributed by atoms with E-state index in [1.165, 1.54) is 25.3 Å². The number of benzene rings is 2. The number of hydrogen-bond donors (Lipinski definition) is 2. The average Bonchev–Trinajstić information content (AvgIpc) is 2.66. The number of hydrogen-bond acceptors (Lipinski definition) is 4. The minimum atomic E-state index is -3.00. The Balaban J connectivity index is 1.94. The molecule has 2 aromatic carbocycles. The Morgan fingerprint density at radius 1 is 1.21 bits per heavy atom. The van der Waals surface area contributed by atoms with Crippen molar-refractivity contribution in [1.29, 1.82) is 0 Å². The molecule has 5 nitrogen and oxygen atoms in total. The second kappa shape index (κ2) is 10.3. The minimum absolute atomic E-state index is 0.0898. The molecule has 0 radical (unpaired) electrons. The van der Waals surface area contributed by atoms with E-state index in [9.17, 15) is 18.7 Å². The number of para-hydroxylation sites is 1. The maximum Gasteiger partial charge on any atom is 0.387 e. The van der Waals surface area contributed by atoms with E-state index in [2.05, 4.69) is 10.1 Å². The van der Waals surface area contributed by atoms with Crippen molar-refractivity contribution in [2.45, 2.75) is 32.4 Å². The molecule has 0 saturated heterocycles. The normalized spacial score (nSPS) is 12.2. The van der Waals surface area contributed by atoms with Gasteiger partial charge in [0.1, 0.15) is 5.75 Å². The van der Waals surface area contributed by atoms with E-state index in [-0.39, 0.29) is 29.2 Å². The van der Waals surface area contributed by atoms with E-state index in [4.69, 9.17) is 4.74 Å². The first kappa shape index (κ1) is 21.2. The molecule has 0 heterocycles. The molecule has 0 bridgehead atoms. The van der Waals surface area contributed by atoms with Gasteiger partial charge in [0.2, 0.25) is 5.91 Å². The molecule has 0 aliphatic carbocycles. The highest BCUT2D eigenvalue weighted by Gasteiger charge is 2.14. The quantitative estimate of drug-likeness (QED) is 0.630. The molecule has 0 spiro atoms. The average molecular weight is 391 g/mol. The molecular weight excluding hydrogens is 368 g/mol. The molecule has 2 rings (SSSR count). The van der Waals surface area contributed by atoms with Crippen LogP contribution in [0.15, 0.2) is 48.5 Å². The van der Waals surface area contributed by atoms with E-state index in [1.807, 2.05) is 19.1 Å². The molecule has 1 unspecified atom stereocenters. The third kappa shape index (κ3) is 6.57. The van der Waals surface area contributed by atoms with Crippen LogP contribution < -0.4 is 14.8 Å². The third-order valence-electron chi connectivity index (χ3n) is 4.04. The highest BCUT2D eigenvalue weighted by molar-refractivity contribution is 5.92. The summed E-state index contributed by atoms with van der Waals surface area (Å²) >= 11 is 0. The second-order valence-corrected chi connectivity index (χ2v) is 6.21. The van der Waals surface area contributed by atoms with Crippen molar-refractivity contribution in [1.82, 2.24) is 5.32 Å². The first-order chi connectivity index (χ1) is 13.4. The summed E-state index contributed by atoms with van der Waals surface area (Å²) in [4.78, 5) is 12.1. The topological polar surface area (TPSA) is 67.8 Å². The maximum absolute atomic E-state index is 12.6. The third-order valence-corrected chi connectivity index (χ3v) is 4.04. The lowest BCUT2D eigenvalue weighted by atomic mass is 10.1. The van der Waals surface area contributed by atoms with Gasteiger partial charge in [-0.1, -0.05) is 24.3 Å². The molecular formula is C21H23F2NO4. The predicted octanol–water partition coefficient (Wildman–Crippen LogP) is 4.15. The molecule has 1 amide bonds. The van der Waals surface area contributed by atoms with Gasteiger partial charge in [0.25, 0.3) is 0 Å². The summed E-state index contributed by atoms with van der Waals surface area (Å²) in [6, 6.07) is 11.5. The fourth-order valence-electron chi connectivity index (χ4n) is 2.61. The fraction of sp³-hybridized carbons (Fsp3) is 0.286. The van der Waals surface area contributed by atoms with Crippen molar-refractivity contribution in [3.05, 3.63) is 59.7 Å². The summed E-state index contributed by atoms with van der Waals surface area (Å²) in [5, 5.41) is 12.1. The molecule has 1 atom stereocenters. The molecule has 0 saturated carbocycles. The summed E-state index contributed by atoms with van der Waals surface area (Å²) in [5.41, 5.74) is 1.37. The highest BCUT2D eigenvalue weighted by Crippen LogP contribution is 2.33. The number of phenolic OH excluding ortho intramolecular Hbond substituents is 1. The van der Waals surface area contributed by atoms with Crippen molar-refractivity contribution >= 4 is 12.0 Å². The molecule has 0 aliphatic heterocycles. The molecule has 2 N–H and O–H groups in total. The number of methoxy groups -OCH3 is 1. The monoisotopic (exact) mass is 391 g/mol. The van der Waals surface area contributed by atoms with Gasteiger partial charge >= 0.3 is 6.61 Å². The van der Waals surface area contributed by atoms with E-state index < -0.39 is 6.61 Å². The Kier molecular flexibility index (Phi) is 7.80. The van der Waals surface area contributed by atoms with Gasteiger partial charge in [-0.25, -0.2) is 0 Å². The number of aryl methyl sites for hydroxylation is 1. The number of rotatable bonds is 9. The number of carbonyl (C=O) groups excluding carboxylic acids is 1. The van der Waals surface area contributed by atoms with Gasteiger partial charge in [0, 0.05) is 17.7 Å². The van der Waals surface area contributed by atoms with Crippen molar-refractivity contribution < 1.29 is 28.2 Å². The predicted molar refractivity (Wildman–Crippen MR) is 103 cm³/mol. The summed E-state index contributed by atoms with van der Waals surface area (Å²) in [7, 11) is 1.35. The van der Waals surface area contributed by atoms with Gasteiger partial charge in [-0.15, -0.1) is 0 Å². The van der Waals surface area contributed by atoms with Gasteiger partial charge in [0.05, 0.1) is 7.11 Å². The second-order valence-electron chi connectivity index (χ2n) is 6.21. The Labute approximate surface area is 162 Å². The molecule has 0 aromatic heterocycles. The van der Waals surface area contributed by atoms with Crippen LogP contribution in [0.25, 0.3) is 6.08 Å². The number of alkyl halides is 2. The Bertz CT molecular complexity index is 807. The fourth-order valence-corrected chi connectivity index (χ4v) is 2.61. The number of aromatic hydroxyl groups is 1. The van der Waals surface area contributed by atoms with Crippen molar-refractivity contribution in [2.24, 2.45) is 0 Å². The zero-order valence-electron chi connectivity index (χ0n) is 15.7. The van der Waals surface area contributed by atoms with E-state index in [0.717, 1.165) is 12.0 Å². The van der Waals surface area contributed by atoms with Crippen molar-refractivity contribution in [3.63, 3.8) is 0 Å². The highest BCUT2D eigenvalue weighted by atomic mass is 19.3. The van der Waals surface area contributed by atoms with E-state index in [1.54, 1.807) is 24.3 Å². The van der Waals surface area contributed by atoms with Gasteiger partial charge in [-0.05, 0) is 49.6 Å². The number of nitrogens with one attached hydrogen (secondary N) is 1. The number of ether oxygens (including phenoxy) is 2. The van der Waals surface area contributed by atoms with Gasteiger partial charge < -0.3 is 19.9 Å². The lowest BCUT2D eigenvalue weighted by molar-refractivity contribution is -0.117. The number of phenols is 1. The number of amides is 1. The Morgan fingerprint density at radius 2 is 1.93 bits per heavy atom. The minimum Gasteiger partial charge on any atom is -0.508 e. The first-order valence-corrected chi connectivity index (χ1v) is 8.77. The van der Waals surface area contributed by atoms with Gasteiger partial charge in [-0.3, -0.25) is 4.79 Å². The zero-order valence-corrected chi connectivity index (χ0v) is 15.7. The van der Waals surface area contributed by atoms with Crippen LogP contribution in [0, 0.1) is 0 Å². The van der Waals surface area contributed by atoms with Crippen LogP contribution >= 0.6 is 0 Å². The molecule has 7 heteroatoms. The molecule has 0 fully saturated rings. The van der Waals surface area contributed by atoms with Crippen LogP contribution in [-0.2, 0) is 11.2 Å². The molecule has 28 heavy (non-hydrogen) atoms. The molecule has 150 valence electrons. The summed E-state index contributed by atoms with van der Waals surface area (Å²) in [6.07, 6.45) is 4.13. The van der Waals surface area contributed by atoms with Crippen molar-refractivity contribution in [2.75, 3.05) is 7.11 Å². The van der Waals surface area contributed by atoms with Crippen molar-refractivity contribution in [3.8, 4) is 17.2 Å². The van der Waals surface area contributed by atoms with E-state index >= 15 is 0 Å². The van der Waals surface area contributed by atoms with Gasteiger partial charge in [0.15, 0.2) is 11.5 Å². The lowest BCUT2D eigenvalue weighted by Gasteiger charge is -2.13. The SMILES string of the molecule is COc1cccc(/C=C/C(=O)NC(C)CCc2ccc(O)cc2)c1OC(F)F. The van der Waals surface area contributed by atoms with Crippen LogP contribution in [0.4, 0.5) is 8.78 Å². The van der Waals surface area contributed by atoms with Crippen LogP contribution in [0.5, 0.6) is 17.2 Å². The Hall–Kier alpha value is -3.09. The van der Waals surface area contributed by atoms with Crippen LogP contribution in [0.3, 0.4) is 0 Å². The van der Waals surface area contributed by atoms with Gasteiger partial charge in [-0.2, -0.15) is 8.78 Å². The largest absolute Gasteiger partial charge is 0.508 e. The lowest BCUT2D eigenvalue weighted by Crippen LogP contribution is -2.31. The summed E-state index contributed by atoms with van der Waals surface area (Å²) < 4.78 is 34.8. The number of carbonyl (C=O) groups is 1. The Morgan fingerprint density at radius 3 is 2.57 bits per heavy atom. The summed E-state index contributed by atoms with van der Waals surface area (Å²) in [6.45, 7) is -1.12. The van der Waals surface area contributed by atoms with Crippen LogP contribution in [0.1, 0.15) is 24.5 Å². The maximum atomic E-state index is 12.6. The summed E-state index contributed by atoms with van der Waals surface area (Å²) in [5.74, 6) is -0.0958. The standard InChI is InChI=1S/C21H23F2NO4/c1-14(6-7-15-8-11-17(25)12-9-15)24-19(26)13-10-16-4-3-5-18(27-2)20(16)28-21(22)23/h3-5,8-14,21,25H,6-7H2,1-2H3,(H,24,26)/b13-10+. The van der Waals surface area contributed by atoms with E-state index in [0.29, 0.717) is 12.0 Å². The number of halogens is 2. The van der Waals surface area contributed by atoms with Crippen LogP contribution in [-0.4, -0.2) is 30.8 Å². The first-order valence-electron chi connectivity index (χ1n) is 8.77. The zero-order chi connectivity index (χ0) is 20.5.